The number of nitrogens with one attached hydrogen (secondary N) is 1. The number of rotatable bonds is 6. The second-order valence-electron chi connectivity index (χ2n) is 5.19. The zero-order chi connectivity index (χ0) is 15.7. The summed E-state index contributed by atoms with van der Waals surface area (Å²) >= 11 is 0. The third kappa shape index (κ3) is 5.61. The number of aliphatic hydroxyl groups is 1. The van der Waals surface area contributed by atoms with Gasteiger partial charge in [0.05, 0.1) is 6.61 Å². The van der Waals surface area contributed by atoms with Crippen LogP contribution < -0.4 is 5.32 Å². The first kappa shape index (κ1) is 17.3. The zero-order valence-corrected chi connectivity index (χ0v) is 13.1. The molecule has 1 unspecified atom stereocenters. The fourth-order valence-corrected chi connectivity index (χ4v) is 2.33. The van der Waals surface area contributed by atoms with E-state index in [1.807, 2.05) is 12.1 Å². The number of carbonyl (C=O) groups excluding carboxylic acids is 1. The third-order valence-electron chi connectivity index (χ3n) is 3.73. The highest BCUT2D eigenvalue weighted by Crippen LogP contribution is 2.13. The SMILES string of the molecule is CCC(CC)C(C)NC(=O)c1ccc(C#CCCO)cc1. The Morgan fingerprint density at radius 3 is 2.38 bits per heavy atom. The molecule has 0 heterocycles. The van der Waals surface area contributed by atoms with Crippen LogP contribution in [0, 0.1) is 17.8 Å². The van der Waals surface area contributed by atoms with E-state index in [1.165, 1.54) is 0 Å². The summed E-state index contributed by atoms with van der Waals surface area (Å²) in [5.41, 5.74) is 1.51. The molecule has 0 radical (unpaired) electrons. The van der Waals surface area contributed by atoms with Gasteiger partial charge in [-0.25, -0.2) is 0 Å². The normalized spacial score (nSPS) is 11.7. The molecule has 1 rings (SSSR count). The van der Waals surface area contributed by atoms with Gasteiger partial charge in [-0.1, -0.05) is 38.5 Å². The second kappa shape index (κ2) is 9.20. The summed E-state index contributed by atoms with van der Waals surface area (Å²) < 4.78 is 0. The van der Waals surface area contributed by atoms with Crippen LogP contribution in [-0.4, -0.2) is 23.7 Å². The van der Waals surface area contributed by atoms with Crippen LogP contribution in [0.4, 0.5) is 0 Å². The molecule has 1 atom stereocenters. The molecule has 0 aromatic heterocycles. The van der Waals surface area contributed by atoms with Gasteiger partial charge < -0.3 is 10.4 Å². The number of carbonyl (C=O) groups is 1. The van der Waals surface area contributed by atoms with Crippen LogP contribution in [0.15, 0.2) is 24.3 Å². The molecule has 1 amide bonds. The van der Waals surface area contributed by atoms with Crippen LogP contribution >= 0.6 is 0 Å². The molecule has 2 N–H and O–H groups in total. The van der Waals surface area contributed by atoms with Crippen molar-refractivity contribution in [2.45, 2.75) is 46.1 Å². The van der Waals surface area contributed by atoms with Gasteiger partial charge in [0.1, 0.15) is 0 Å². The highest BCUT2D eigenvalue weighted by molar-refractivity contribution is 5.94. The van der Waals surface area contributed by atoms with Crippen LogP contribution in [0.5, 0.6) is 0 Å². The molecule has 0 bridgehead atoms. The van der Waals surface area contributed by atoms with Crippen molar-refractivity contribution < 1.29 is 9.90 Å². The Morgan fingerprint density at radius 2 is 1.86 bits per heavy atom. The molecular weight excluding hydrogens is 262 g/mol. The van der Waals surface area contributed by atoms with E-state index in [1.54, 1.807) is 12.1 Å². The van der Waals surface area contributed by atoms with E-state index >= 15 is 0 Å². The van der Waals surface area contributed by atoms with Gasteiger partial charge >= 0.3 is 0 Å². The topological polar surface area (TPSA) is 49.3 Å². The standard InChI is InChI=1S/C18H25NO2/c1-4-16(5-2)14(3)19-18(21)17-11-9-15(10-12-17)8-6-7-13-20/h9-12,14,16,20H,4-5,7,13H2,1-3H3,(H,19,21). The summed E-state index contributed by atoms with van der Waals surface area (Å²) in [6, 6.07) is 7.43. The van der Waals surface area contributed by atoms with Crippen LogP contribution in [-0.2, 0) is 0 Å². The summed E-state index contributed by atoms with van der Waals surface area (Å²) in [7, 11) is 0. The monoisotopic (exact) mass is 287 g/mol. The molecule has 0 aliphatic heterocycles. The van der Waals surface area contributed by atoms with E-state index in [9.17, 15) is 4.79 Å². The molecule has 0 saturated heterocycles. The van der Waals surface area contributed by atoms with E-state index in [4.69, 9.17) is 5.11 Å². The molecule has 0 saturated carbocycles. The summed E-state index contributed by atoms with van der Waals surface area (Å²) in [5, 5.41) is 11.7. The van der Waals surface area contributed by atoms with Gasteiger partial charge in [0.2, 0.25) is 0 Å². The lowest BCUT2D eigenvalue weighted by atomic mass is 9.95. The first-order valence-corrected chi connectivity index (χ1v) is 7.63. The molecule has 0 aliphatic rings. The highest BCUT2D eigenvalue weighted by atomic mass is 16.2. The van der Waals surface area contributed by atoms with Crippen LogP contribution in [0.2, 0.25) is 0 Å². The van der Waals surface area contributed by atoms with Gasteiger partial charge in [0.15, 0.2) is 0 Å². The van der Waals surface area contributed by atoms with Gasteiger partial charge in [-0.15, -0.1) is 0 Å². The first-order chi connectivity index (χ1) is 10.1. The van der Waals surface area contributed by atoms with Crippen molar-refractivity contribution in [2.24, 2.45) is 5.92 Å². The van der Waals surface area contributed by atoms with Crippen LogP contribution in [0.25, 0.3) is 0 Å². The van der Waals surface area contributed by atoms with Gasteiger partial charge in [-0.3, -0.25) is 4.79 Å². The Hall–Kier alpha value is -1.79. The Kier molecular flexibility index (Phi) is 7.56. The van der Waals surface area contributed by atoms with Crippen LogP contribution in [0.3, 0.4) is 0 Å². The number of hydrogen-bond donors (Lipinski definition) is 2. The Morgan fingerprint density at radius 1 is 1.24 bits per heavy atom. The smallest absolute Gasteiger partial charge is 0.251 e. The Labute approximate surface area is 127 Å². The molecule has 3 nitrogen and oxygen atoms in total. The predicted molar refractivity (Wildman–Crippen MR) is 86.0 cm³/mol. The highest BCUT2D eigenvalue weighted by Gasteiger charge is 2.16. The second-order valence-corrected chi connectivity index (χ2v) is 5.19. The fraction of sp³-hybridized carbons (Fsp3) is 0.500. The first-order valence-electron chi connectivity index (χ1n) is 7.63. The quantitative estimate of drug-likeness (QED) is 0.790. The summed E-state index contributed by atoms with van der Waals surface area (Å²) in [6.45, 7) is 6.43. The molecule has 0 aliphatic carbocycles. The molecule has 1 aromatic rings. The Bertz CT molecular complexity index is 492. The van der Waals surface area contributed by atoms with Crippen molar-refractivity contribution in [1.29, 1.82) is 0 Å². The van der Waals surface area contributed by atoms with Crippen molar-refractivity contribution in [3.8, 4) is 11.8 Å². The van der Waals surface area contributed by atoms with Crippen molar-refractivity contribution >= 4 is 5.91 Å². The van der Waals surface area contributed by atoms with Gasteiger partial charge in [-0.05, 0) is 37.1 Å². The summed E-state index contributed by atoms with van der Waals surface area (Å²) in [5.74, 6) is 6.28. The maximum Gasteiger partial charge on any atom is 0.251 e. The van der Waals surface area contributed by atoms with Crippen molar-refractivity contribution in [3.05, 3.63) is 35.4 Å². The average molecular weight is 287 g/mol. The number of benzene rings is 1. The van der Waals surface area contributed by atoms with Crippen molar-refractivity contribution in [3.63, 3.8) is 0 Å². The van der Waals surface area contributed by atoms with E-state index < -0.39 is 0 Å². The minimum atomic E-state index is -0.0377. The lowest BCUT2D eigenvalue weighted by Crippen LogP contribution is -2.37. The minimum Gasteiger partial charge on any atom is -0.395 e. The van der Waals surface area contributed by atoms with E-state index in [2.05, 4.69) is 37.9 Å². The van der Waals surface area contributed by atoms with Gasteiger partial charge in [0.25, 0.3) is 5.91 Å². The van der Waals surface area contributed by atoms with Crippen molar-refractivity contribution in [2.75, 3.05) is 6.61 Å². The third-order valence-corrected chi connectivity index (χ3v) is 3.73. The molecule has 0 fully saturated rings. The summed E-state index contributed by atoms with van der Waals surface area (Å²) in [6.07, 6.45) is 2.60. The minimum absolute atomic E-state index is 0.0377. The molecule has 0 spiro atoms. The lowest BCUT2D eigenvalue weighted by molar-refractivity contribution is 0.0925. The molecule has 1 aromatic carbocycles. The molecule has 3 heteroatoms. The van der Waals surface area contributed by atoms with Crippen LogP contribution in [0.1, 0.15) is 56.0 Å². The lowest BCUT2D eigenvalue weighted by Gasteiger charge is -2.22. The van der Waals surface area contributed by atoms with Gasteiger partial charge in [0, 0.05) is 23.6 Å². The number of amides is 1. The van der Waals surface area contributed by atoms with Crippen molar-refractivity contribution in [1.82, 2.24) is 5.32 Å². The maximum atomic E-state index is 12.2. The number of hydrogen-bond acceptors (Lipinski definition) is 2. The molecular formula is C18H25NO2. The van der Waals surface area contributed by atoms with E-state index in [0.717, 1.165) is 18.4 Å². The number of aliphatic hydroxyl groups excluding tert-OH is 1. The average Bonchev–Trinajstić information content (AvgIpc) is 2.49. The van der Waals surface area contributed by atoms with Gasteiger partial charge in [-0.2, -0.15) is 0 Å². The molecule has 114 valence electrons. The molecule has 21 heavy (non-hydrogen) atoms. The summed E-state index contributed by atoms with van der Waals surface area (Å²) in [4.78, 5) is 12.2. The maximum absolute atomic E-state index is 12.2. The fourth-order valence-electron chi connectivity index (χ4n) is 2.33. The van der Waals surface area contributed by atoms with E-state index in [-0.39, 0.29) is 18.6 Å². The van der Waals surface area contributed by atoms with E-state index in [0.29, 0.717) is 17.9 Å². The largest absolute Gasteiger partial charge is 0.395 e. The Balaban J connectivity index is 2.65. The predicted octanol–water partition coefficient (Wildman–Crippen LogP) is 2.98. The zero-order valence-electron chi connectivity index (χ0n) is 13.1.